The van der Waals surface area contributed by atoms with Crippen molar-refractivity contribution in [1.29, 1.82) is 0 Å². The number of fused-ring (bicyclic) bond motifs is 2. The fourth-order valence-corrected chi connectivity index (χ4v) is 4.66. The molecule has 0 radical (unpaired) electrons. The van der Waals surface area contributed by atoms with Crippen molar-refractivity contribution >= 4 is 44.3 Å². The van der Waals surface area contributed by atoms with E-state index in [1.165, 1.54) is 15.9 Å². The zero-order chi connectivity index (χ0) is 21.5. The maximum atomic E-state index is 13.1. The lowest BCUT2D eigenvalue weighted by atomic mass is 10.2. The van der Waals surface area contributed by atoms with Gasteiger partial charge < -0.3 is 15.6 Å². The molecule has 0 fully saturated rings. The fraction of sp³-hybridized carbons (Fsp3) is 0.0870. The summed E-state index contributed by atoms with van der Waals surface area (Å²) in [6.45, 7) is 2.33. The Hall–Kier alpha value is -3.91. The van der Waals surface area contributed by atoms with E-state index in [2.05, 4.69) is 14.9 Å². The van der Waals surface area contributed by atoms with Gasteiger partial charge in [-0.1, -0.05) is 24.3 Å². The van der Waals surface area contributed by atoms with Gasteiger partial charge in [0.15, 0.2) is 5.82 Å². The lowest BCUT2D eigenvalue weighted by Crippen LogP contribution is -2.26. The molecule has 154 valence electrons. The molecule has 0 aliphatic rings. The van der Waals surface area contributed by atoms with Gasteiger partial charge in [-0.25, -0.2) is 4.98 Å². The Morgan fingerprint density at radius 2 is 1.94 bits per heavy atom. The Labute approximate surface area is 181 Å². The van der Waals surface area contributed by atoms with Gasteiger partial charge in [-0.15, -0.1) is 11.3 Å². The molecule has 0 saturated heterocycles. The molecule has 0 unspecified atom stereocenters. The second-order valence-electron chi connectivity index (χ2n) is 7.06. The Kier molecular flexibility index (Phi) is 4.56. The molecule has 0 atom stereocenters. The standard InChI is InChI=1S/C23H19N5O2S/c1-2-25-21(29)17-13-31-22-19(17)28(23(30)20(24)26-22)16-9-8-14-10-11-27(18(14)12-16)15-6-4-3-5-7-15/h3-13H,2H2,1H3,(H2,24,26)(H,25,29). The minimum Gasteiger partial charge on any atom is -0.379 e. The van der Waals surface area contributed by atoms with Gasteiger partial charge in [0.1, 0.15) is 4.83 Å². The van der Waals surface area contributed by atoms with Crippen LogP contribution in [0, 0.1) is 0 Å². The summed E-state index contributed by atoms with van der Waals surface area (Å²) in [5.74, 6) is -0.349. The number of para-hydroxylation sites is 1. The van der Waals surface area contributed by atoms with E-state index in [1.807, 2.05) is 67.7 Å². The molecule has 31 heavy (non-hydrogen) atoms. The fourth-order valence-electron chi connectivity index (χ4n) is 3.74. The first-order chi connectivity index (χ1) is 15.1. The van der Waals surface area contributed by atoms with Gasteiger partial charge in [-0.2, -0.15) is 0 Å². The highest BCUT2D eigenvalue weighted by Gasteiger charge is 2.20. The number of rotatable bonds is 4. The molecule has 5 rings (SSSR count). The second kappa shape index (κ2) is 7.41. The Morgan fingerprint density at radius 1 is 1.13 bits per heavy atom. The average molecular weight is 430 g/mol. The number of carbonyl (C=O) groups is 1. The van der Waals surface area contributed by atoms with Crippen molar-refractivity contribution in [3.63, 3.8) is 0 Å². The van der Waals surface area contributed by atoms with Crippen LogP contribution in [0.2, 0.25) is 0 Å². The molecule has 0 aliphatic carbocycles. The Bertz CT molecular complexity index is 1500. The van der Waals surface area contributed by atoms with Crippen molar-refractivity contribution in [3.8, 4) is 11.4 Å². The quantitative estimate of drug-likeness (QED) is 0.455. The molecule has 0 spiro atoms. The summed E-state index contributed by atoms with van der Waals surface area (Å²) in [4.78, 5) is 30.5. The number of aromatic nitrogens is 3. The summed E-state index contributed by atoms with van der Waals surface area (Å²) in [6.07, 6.45) is 1.99. The predicted octanol–water partition coefficient (Wildman–Crippen LogP) is 3.72. The van der Waals surface area contributed by atoms with E-state index in [1.54, 1.807) is 5.38 Å². The maximum absolute atomic E-state index is 13.1. The zero-order valence-electron chi connectivity index (χ0n) is 16.7. The number of carbonyl (C=O) groups excluding carboxylic acids is 1. The first-order valence-electron chi connectivity index (χ1n) is 9.83. The molecule has 3 heterocycles. The minimum absolute atomic E-state index is 0.102. The maximum Gasteiger partial charge on any atom is 0.298 e. The molecule has 0 saturated carbocycles. The van der Waals surface area contributed by atoms with Crippen LogP contribution in [0.4, 0.5) is 5.82 Å². The number of hydrogen-bond acceptors (Lipinski definition) is 5. The van der Waals surface area contributed by atoms with Crippen LogP contribution >= 0.6 is 11.3 Å². The van der Waals surface area contributed by atoms with Crippen LogP contribution in [0.25, 0.3) is 32.6 Å². The second-order valence-corrected chi connectivity index (χ2v) is 7.92. The molecule has 3 N–H and O–H groups in total. The van der Waals surface area contributed by atoms with Crippen molar-refractivity contribution < 1.29 is 4.79 Å². The SMILES string of the molecule is CCNC(=O)c1csc2nc(N)c(=O)n(-c3ccc4ccn(-c5ccccc5)c4c3)c12. The van der Waals surface area contributed by atoms with Gasteiger partial charge in [0.25, 0.3) is 11.5 Å². The molecule has 1 amide bonds. The van der Waals surface area contributed by atoms with Crippen molar-refractivity contribution in [2.24, 2.45) is 0 Å². The van der Waals surface area contributed by atoms with E-state index >= 15 is 0 Å². The van der Waals surface area contributed by atoms with Crippen LogP contribution in [-0.2, 0) is 0 Å². The highest BCUT2D eigenvalue weighted by molar-refractivity contribution is 7.17. The topological polar surface area (TPSA) is 94.9 Å². The van der Waals surface area contributed by atoms with Gasteiger partial charge in [0.2, 0.25) is 0 Å². The summed E-state index contributed by atoms with van der Waals surface area (Å²) in [6, 6.07) is 17.7. The van der Waals surface area contributed by atoms with E-state index in [9.17, 15) is 9.59 Å². The van der Waals surface area contributed by atoms with Gasteiger partial charge in [-0.05, 0) is 37.3 Å². The zero-order valence-corrected chi connectivity index (χ0v) is 17.5. The first kappa shape index (κ1) is 19.1. The summed E-state index contributed by atoms with van der Waals surface area (Å²) in [5.41, 5.74) is 8.93. The number of nitrogens with zero attached hydrogens (tertiary/aromatic N) is 3. The van der Waals surface area contributed by atoms with Crippen LogP contribution in [0.1, 0.15) is 17.3 Å². The van der Waals surface area contributed by atoms with Crippen molar-refractivity contribution in [3.05, 3.63) is 82.1 Å². The largest absolute Gasteiger partial charge is 0.379 e. The molecule has 3 aromatic heterocycles. The molecule has 0 aliphatic heterocycles. The number of anilines is 1. The molecule has 8 heteroatoms. The average Bonchev–Trinajstić information content (AvgIpc) is 3.39. The van der Waals surface area contributed by atoms with E-state index < -0.39 is 5.56 Å². The molecular weight excluding hydrogens is 410 g/mol. The minimum atomic E-state index is -0.450. The molecule has 7 nitrogen and oxygen atoms in total. The van der Waals surface area contributed by atoms with E-state index in [-0.39, 0.29) is 11.7 Å². The summed E-state index contributed by atoms with van der Waals surface area (Å²) >= 11 is 1.29. The van der Waals surface area contributed by atoms with E-state index in [0.29, 0.717) is 28.1 Å². The summed E-state index contributed by atoms with van der Waals surface area (Å²) in [7, 11) is 0. The van der Waals surface area contributed by atoms with Crippen molar-refractivity contribution in [1.82, 2.24) is 19.4 Å². The smallest absolute Gasteiger partial charge is 0.298 e. The predicted molar refractivity (Wildman–Crippen MR) is 124 cm³/mol. The van der Waals surface area contributed by atoms with Crippen molar-refractivity contribution in [2.45, 2.75) is 6.92 Å². The third kappa shape index (κ3) is 3.08. The van der Waals surface area contributed by atoms with Gasteiger partial charge in [0.05, 0.1) is 22.3 Å². The Balaban J connectivity index is 1.79. The number of thiophene rings is 1. The van der Waals surface area contributed by atoms with Crippen LogP contribution in [0.3, 0.4) is 0 Å². The van der Waals surface area contributed by atoms with Crippen molar-refractivity contribution in [2.75, 3.05) is 12.3 Å². The van der Waals surface area contributed by atoms with Crippen LogP contribution in [0.15, 0.2) is 71.0 Å². The van der Waals surface area contributed by atoms with E-state index in [0.717, 1.165) is 16.6 Å². The first-order valence-corrected chi connectivity index (χ1v) is 10.7. The van der Waals surface area contributed by atoms with Gasteiger partial charge in [0, 0.05) is 29.2 Å². The molecule has 0 bridgehead atoms. The Morgan fingerprint density at radius 3 is 2.71 bits per heavy atom. The lowest BCUT2D eigenvalue weighted by molar-refractivity contribution is 0.0957. The normalized spacial score (nSPS) is 11.3. The number of amides is 1. The third-order valence-corrected chi connectivity index (χ3v) is 6.03. The summed E-state index contributed by atoms with van der Waals surface area (Å²) < 4.78 is 3.55. The number of hydrogen-bond donors (Lipinski definition) is 2. The highest BCUT2D eigenvalue weighted by Crippen LogP contribution is 2.28. The third-order valence-electron chi connectivity index (χ3n) is 5.17. The monoisotopic (exact) mass is 429 g/mol. The van der Waals surface area contributed by atoms with Gasteiger partial charge >= 0.3 is 0 Å². The number of nitrogens with one attached hydrogen (secondary N) is 1. The number of benzene rings is 2. The van der Waals surface area contributed by atoms with Crippen LogP contribution in [0.5, 0.6) is 0 Å². The molecule has 2 aromatic carbocycles. The molecule has 5 aromatic rings. The highest BCUT2D eigenvalue weighted by atomic mass is 32.1. The number of nitrogens with two attached hydrogens (primary N) is 1. The van der Waals surface area contributed by atoms with Crippen LogP contribution < -0.4 is 16.6 Å². The van der Waals surface area contributed by atoms with Crippen LogP contribution in [-0.4, -0.2) is 26.6 Å². The summed E-state index contributed by atoms with van der Waals surface area (Å²) in [5, 5.41) is 5.55. The molecular formula is C23H19N5O2S. The van der Waals surface area contributed by atoms with E-state index in [4.69, 9.17) is 5.73 Å². The lowest BCUT2D eigenvalue weighted by Gasteiger charge is -2.12. The number of nitrogen functional groups attached to an aromatic ring is 1. The van der Waals surface area contributed by atoms with Gasteiger partial charge in [-0.3, -0.25) is 14.2 Å².